The number of nitrogens with one attached hydrogen (secondary N) is 1. The average Bonchev–Trinajstić information content (AvgIpc) is 3.29. The van der Waals surface area contributed by atoms with Crippen LogP contribution >= 0.6 is 0 Å². The lowest BCUT2D eigenvalue weighted by atomic mass is 10.2. The van der Waals surface area contributed by atoms with Crippen LogP contribution in [-0.2, 0) is 16.7 Å². The first kappa shape index (κ1) is 16.6. The highest BCUT2D eigenvalue weighted by molar-refractivity contribution is 7.87. The summed E-state index contributed by atoms with van der Waals surface area (Å²) in [5.74, 6) is 0.204. The van der Waals surface area contributed by atoms with Crippen LogP contribution in [0.1, 0.15) is 32.3 Å². The molecule has 22 heavy (non-hydrogen) atoms. The van der Waals surface area contributed by atoms with Crippen LogP contribution in [0.3, 0.4) is 0 Å². The lowest BCUT2D eigenvalue weighted by molar-refractivity contribution is 0.192. The van der Waals surface area contributed by atoms with E-state index in [1.807, 2.05) is 13.0 Å². The van der Waals surface area contributed by atoms with Gasteiger partial charge in [-0.1, -0.05) is 12.1 Å². The third kappa shape index (κ3) is 4.62. The molecule has 1 aromatic rings. The van der Waals surface area contributed by atoms with E-state index in [0.29, 0.717) is 13.1 Å². The molecule has 0 heterocycles. The first-order valence-electron chi connectivity index (χ1n) is 7.50. The van der Waals surface area contributed by atoms with E-state index in [1.54, 1.807) is 23.1 Å². The Hall–Kier alpha value is -1.76. The lowest BCUT2D eigenvalue weighted by Gasteiger charge is -2.22. The molecule has 7 heteroatoms. The van der Waals surface area contributed by atoms with E-state index in [9.17, 15) is 13.2 Å². The number of nitrogens with zero attached hydrogens (tertiary/aromatic N) is 1. The topological polar surface area (TPSA) is 75.7 Å². The molecule has 0 aliphatic heterocycles. The average molecular weight is 326 g/mol. The summed E-state index contributed by atoms with van der Waals surface area (Å²) < 4.78 is 28.0. The first-order valence-corrected chi connectivity index (χ1v) is 9.08. The predicted octanol–water partition coefficient (Wildman–Crippen LogP) is 2.11. The van der Waals surface area contributed by atoms with E-state index in [1.165, 1.54) is 6.92 Å². The van der Waals surface area contributed by atoms with Crippen LogP contribution in [0.5, 0.6) is 5.75 Å². The number of benzene rings is 1. The zero-order valence-corrected chi connectivity index (χ0v) is 13.7. The maximum atomic E-state index is 12.1. The molecule has 2 amide bonds. The Morgan fingerprint density at radius 1 is 1.36 bits per heavy atom. The van der Waals surface area contributed by atoms with Gasteiger partial charge in [0.2, 0.25) is 0 Å². The van der Waals surface area contributed by atoms with E-state index in [2.05, 4.69) is 5.32 Å². The number of carbonyl (C=O) groups excluding carboxylic acids is 1. The van der Waals surface area contributed by atoms with Crippen LogP contribution in [0, 0.1) is 0 Å². The van der Waals surface area contributed by atoms with Gasteiger partial charge >= 0.3 is 16.1 Å². The molecule has 6 nitrogen and oxygen atoms in total. The molecule has 0 aromatic heterocycles. The standard InChI is InChI=1S/C15H22N2O4S/c1-3-16-15(18)17(13-8-9-13)11-12-6-5-7-14(10-12)21-22(19,20)4-2/h5-7,10,13H,3-4,8-9,11H2,1-2H3,(H,16,18). The molecule has 0 radical (unpaired) electrons. The van der Waals surface area contributed by atoms with Crippen molar-refractivity contribution in [1.29, 1.82) is 0 Å². The SMILES string of the molecule is CCNC(=O)N(Cc1cccc(OS(=O)(=O)CC)c1)C1CC1. The Morgan fingerprint density at radius 3 is 2.68 bits per heavy atom. The number of carbonyl (C=O) groups is 1. The Labute approximate surface area is 131 Å². The summed E-state index contributed by atoms with van der Waals surface area (Å²) in [4.78, 5) is 13.9. The molecule has 0 spiro atoms. The van der Waals surface area contributed by atoms with Crippen LogP contribution in [0.25, 0.3) is 0 Å². The van der Waals surface area contributed by atoms with Crippen molar-refractivity contribution in [2.24, 2.45) is 0 Å². The van der Waals surface area contributed by atoms with Crippen molar-refractivity contribution in [3.63, 3.8) is 0 Å². The Kier molecular flexibility index (Phi) is 5.28. The highest BCUT2D eigenvalue weighted by Gasteiger charge is 2.32. The van der Waals surface area contributed by atoms with Crippen LogP contribution in [0.2, 0.25) is 0 Å². The fourth-order valence-electron chi connectivity index (χ4n) is 2.10. The first-order chi connectivity index (χ1) is 10.4. The van der Waals surface area contributed by atoms with Crippen LogP contribution in [0.15, 0.2) is 24.3 Å². The monoisotopic (exact) mass is 326 g/mol. The third-order valence-electron chi connectivity index (χ3n) is 3.40. The van der Waals surface area contributed by atoms with Crippen molar-refractivity contribution >= 4 is 16.1 Å². The minimum Gasteiger partial charge on any atom is -0.382 e. The number of hydrogen-bond donors (Lipinski definition) is 1. The molecular weight excluding hydrogens is 304 g/mol. The van der Waals surface area contributed by atoms with Crippen molar-refractivity contribution in [2.45, 2.75) is 39.3 Å². The fourth-order valence-corrected chi connectivity index (χ4v) is 2.62. The molecule has 1 saturated carbocycles. The fraction of sp³-hybridized carbons (Fsp3) is 0.533. The lowest BCUT2D eigenvalue weighted by Crippen LogP contribution is -2.40. The van der Waals surface area contributed by atoms with Gasteiger partial charge in [0.1, 0.15) is 5.75 Å². The molecule has 0 bridgehead atoms. The van der Waals surface area contributed by atoms with Crippen molar-refractivity contribution in [1.82, 2.24) is 10.2 Å². The largest absolute Gasteiger partial charge is 0.382 e. The van der Waals surface area contributed by atoms with Crippen molar-refractivity contribution in [2.75, 3.05) is 12.3 Å². The molecule has 122 valence electrons. The second-order valence-corrected chi connectivity index (χ2v) is 7.13. The molecule has 1 aliphatic rings. The molecule has 0 unspecified atom stereocenters. The summed E-state index contributed by atoms with van der Waals surface area (Å²) in [6.07, 6.45) is 2.02. The summed E-state index contributed by atoms with van der Waals surface area (Å²) in [5, 5.41) is 2.81. The van der Waals surface area contributed by atoms with Gasteiger partial charge in [-0.15, -0.1) is 0 Å². The van der Waals surface area contributed by atoms with Gasteiger partial charge in [0, 0.05) is 19.1 Å². The molecule has 1 N–H and O–H groups in total. The Bertz CT molecular complexity index is 626. The minimum atomic E-state index is -3.54. The van der Waals surface area contributed by atoms with E-state index in [0.717, 1.165) is 18.4 Å². The van der Waals surface area contributed by atoms with E-state index in [-0.39, 0.29) is 23.6 Å². The number of hydrogen-bond acceptors (Lipinski definition) is 4. The zero-order chi connectivity index (χ0) is 16.2. The van der Waals surface area contributed by atoms with Crippen molar-refractivity contribution < 1.29 is 17.4 Å². The number of amides is 2. The van der Waals surface area contributed by atoms with Gasteiger partial charge in [-0.05, 0) is 44.4 Å². The summed E-state index contributed by atoms with van der Waals surface area (Å²) in [7, 11) is -3.54. The molecule has 1 fully saturated rings. The molecular formula is C15H22N2O4S. The maximum absolute atomic E-state index is 12.1. The summed E-state index contributed by atoms with van der Waals surface area (Å²) in [5.41, 5.74) is 0.849. The molecule has 1 aromatic carbocycles. The van der Waals surface area contributed by atoms with Gasteiger partial charge in [-0.3, -0.25) is 0 Å². The molecule has 0 saturated heterocycles. The van der Waals surface area contributed by atoms with Gasteiger partial charge in [0.05, 0.1) is 5.75 Å². The van der Waals surface area contributed by atoms with Gasteiger partial charge < -0.3 is 14.4 Å². The summed E-state index contributed by atoms with van der Waals surface area (Å²) >= 11 is 0. The second kappa shape index (κ2) is 7.00. The Morgan fingerprint density at radius 2 is 2.09 bits per heavy atom. The van der Waals surface area contributed by atoms with Crippen molar-refractivity contribution in [3.05, 3.63) is 29.8 Å². The van der Waals surface area contributed by atoms with E-state index >= 15 is 0 Å². The van der Waals surface area contributed by atoms with Gasteiger partial charge in [-0.2, -0.15) is 8.42 Å². The van der Waals surface area contributed by atoms with Gasteiger partial charge in [-0.25, -0.2) is 4.79 Å². The van der Waals surface area contributed by atoms with Crippen molar-refractivity contribution in [3.8, 4) is 5.75 Å². The van der Waals surface area contributed by atoms with Crippen LogP contribution in [-0.4, -0.2) is 37.7 Å². The van der Waals surface area contributed by atoms with Crippen LogP contribution < -0.4 is 9.50 Å². The minimum absolute atomic E-state index is 0.0790. The maximum Gasteiger partial charge on any atom is 0.317 e. The number of rotatable bonds is 7. The molecule has 1 aliphatic carbocycles. The normalized spacial score (nSPS) is 14.5. The van der Waals surface area contributed by atoms with Crippen LogP contribution in [0.4, 0.5) is 4.79 Å². The predicted molar refractivity (Wildman–Crippen MR) is 84.2 cm³/mol. The van der Waals surface area contributed by atoms with Gasteiger partial charge in [0.25, 0.3) is 0 Å². The smallest absolute Gasteiger partial charge is 0.317 e. The second-order valence-electron chi connectivity index (χ2n) is 5.27. The molecule has 2 rings (SSSR count). The Balaban J connectivity index is 2.10. The summed E-state index contributed by atoms with van der Waals surface area (Å²) in [6, 6.07) is 7.05. The quantitative estimate of drug-likeness (QED) is 0.779. The van der Waals surface area contributed by atoms with E-state index in [4.69, 9.17) is 4.18 Å². The van der Waals surface area contributed by atoms with E-state index < -0.39 is 10.1 Å². The highest BCUT2D eigenvalue weighted by atomic mass is 32.2. The highest BCUT2D eigenvalue weighted by Crippen LogP contribution is 2.29. The zero-order valence-electron chi connectivity index (χ0n) is 12.9. The number of urea groups is 1. The molecule has 0 atom stereocenters. The van der Waals surface area contributed by atoms with Gasteiger partial charge in [0.15, 0.2) is 0 Å². The third-order valence-corrected chi connectivity index (χ3v) is 4.56. The summed E-state index contributed by atoms with van der Waals surface area (Å²) in [6.45, 7) is 4.44.